The summed E-state index contributed by atoms with van der Waals surface area (Å²) in [5.41, 5.74) is 1.12. The van der Waals surface area contributed by atoms with Crippen LogP contribution in [0.5, 0.6) is 0 Å². The molecular weight excluding hydrogens is 285 g/mol. The van der Waals surface area contributed by atoms with E-state index in [0.29, 0.717) is 9.34 Å². The van der Waals surface area contributed by atoms with Gasteiger partial charge in [-0.2, -0.15) is 0 Å². The lowest BCUT2D eigenvalue weighted by Crippen LogP contribution is -2.29. The smallest absolute Gasteiger partial charge is 0.0358 e. The van der Waals surface area contributed by atoms with Crippen LogP contribution in [0.15, 0.2) is 17.3 Å². The van der Waals surface area contributed by atoms with Crippen LogP contribution in [0.1, 0.15) is 41.0 Å². The molecule has 0 saturated heterocycles. The molecule has 1 atom stereocenters. The highest BCUT2D eigenvalue weighted by Crippen LogP contribution is 2.41. The van der Waals surface area contributed by atoms with E-state index in [1.165, 1.54) is 0 Å². The van der Waals surface area contributed by atoms with E-state index in [0.717, 1.165) is 12.1 Å². The number of rotatable bonds is 5. The van der Waals surface area contributed by atoms with E-state index in [9.17, 15) is 0 Å². The molecule has 0 aliphatic rings. The predicted molar refractivity (Wildman–Crippen MR) is 74.4 cm³/mol. The van der Waals surface area contributed by atoms with E-state index in [1.54, 1.807) is 0 Å². The quantitative estimate of drug-likeness (QED) is 0.404. The Morgan fingerprint density at radius 1 is 1.36 bits per heavy atom. The summed E-state index contributed by atoms with van der Waals surface area (Å²) in [5.74, 6) is 0.383. The molecule has 0 spiro atoms. The standard InChI is InChI=1S/C12H22IN/c1-9(10(2)14-7)11(3,4)8-12(5,6)13/h9H,2,7-8H2,1,3-6H3/t9-/m1/s1. The Labute approximate surface area is 102 Å². The van der Waals surface area contributed by atoms with Crippen molar-refractivity contribution < 1.29 is 0 Å². The van der Waals surface area contributed by atoms with Crippen molar-refractivity contribution in [1.82, 2.24) is 0 Å². The number of halogens is 1. The molecule has 0 fully saturated rings. The van der Waals surface area contributed by atoms with Crippen LogP contribution in [0.4, 0.5) is 0 Å². The van der Waals surface area contributed by atoms with Crippen molar-refractivity contribution in [2.75, 3.05) is 0 Å². The molecule has 1 nitrogen and oxygen atoms in total. The summed E-state index contributed by atoms with van der Waals surface area (Å²) in [6.07, 6.45) is 1.15. The van der Waals surface area contributed by atoms with E-state index in [-0.39, 0.29) is 5.41 Å². The van der Waals surface area contributed by atoms with Gasteiger partial charge in [0, 0.05) is 15.0 Å². The Hall–Kier alpha value is 0.140. The third-order valence-electron chi connectivity index (χ3n) is 2.75. The van der Waals surface area contributed by atoms with Gasteiger partial charge >= 0.3 is 0 Å². The Balaban J connectivity index is 4.61. The van der Waals surface area contributed by atoms with Crippen LogP contribution < -0.4 is 0 Å². The Kier molecular flexibility index (Phi) is 4.82. The van der Waals surface area contributed by atoms with Gasteiger partial charge in [0.05, 0.1) is 0 Å². The molecule has 14 heavy (non-hydrogen) atoms. The summed E-state index contributed by atoms with van der Waals surface area (Å²) >= 11 is 2.49. The van der Waals surface area contributed by atoms with Crippen molar-refractivity contribution in [2.45, 2.75) is 44.5 Å². The van der Waals surface area contributed by atoms with Crippen molar-refractivity contribution in [1.29, 1.82) is 0 Å². The number of hydrogen-bond acceptors (Lipinski definition) is 1. The van der Waals surface area contributed by atoms with E-state index >= 15 is 0 Å². The maximum absolute atomic E-state index is 3.94. The first-order valence-electron chi connectivity index (χ1n) is 4.94. The Morgan fingerprint density at radius 2 is 1.79 bits per heavy atom. The number of hydrogen-bond donors (Lipinski definition) is 0. The molecule has 0 aromatic carbocycles. The van der Waals surface area contributed by atoms with Gasteiger partial charge in [0.2, 0.25) is 0 Å². The summed E-state index contributed by atoms with van der Waals surface area (Å²) in [6.45, 7) is 18.7. The fourth-order valence-corrected chi connectivity index (χ4v) is 2.81. The van der Waals surface area contributed by atoms with E-state index in [2.05, 4.69) is 75.5 Å². The van der Waals surface area contributed by atoms with Crippen LogP contribution in [-0.4, -0.2) is 10.1 Å². The Bertz CT molecular complexity index is 223. The second-order valence-corrected chi connectivity index (χ2v) is 8.18. The zero-order valence-electron chi connectivity index (χ0n) is 10.0. The minimum absolute atomic E-state index is 0.225. The van der Waals surface area contributed by atoms with Crippen molar-refractivity contribution in [3.63, 3.8) is 0 Å². The second kappa shape index (κ2) is 4.77. The van der Waals surface area contributed by atoms with Crippen LogP contribution in [0.25, 0.3) is 0 Å². The molecule has 0 aromatic rings. The molecule has 0 N–H and O–H groups in total. The fraction of sp³-hybridized carbons (Fsp3) is 0.750. The average Bonchev–Trinajstić information content (AvgIpc) is 1.97. The van der Waals surface area contributed by atoms with Gasteiger partial charge in [-0.3, -0.25) is 4.99 Å². The predicted octanol–water partition coefficient (Wildman–Crippen LogP) is 4.47. The minimum Gasteiger partial charge on any atom is -0.269 e. The lowest BCUT2D eigenvalue weighted by atomic mass is 9.73. The van der Waals surface area contributed by atoms with E-state index < -0.39 is 0 Å². The number of allylic oxidation sites excluding steroid dienone is 1. The SMILES string of the molecule is C=NC(=C)[C@@H](C)C(C)(C)CC(C)(C)I. The lowest BCUT2D eigenvalue weighted by molar-refractivity contribution is 0.227. The van der Waals surface area contributed by atoms with Crippen LogP contribution in [0, 0.1) is 11.3 Å². The molecule has 0 bridgehead atoms. The highest BCUT2D eigenvalue weighted by molar-refractivity contribution is 14.1. The molecule has 0 saturated carbocycles. The van der Waals surface area contributed by atoms with Crippen LogP contribution in [0.2, 0.25) is 0 Å². The van der Waals surface area contributed by atoms with Gasteiger partial charge in [-0.25, -0.2) is 0 Å². The van der Waals surface area contributed by atoms with Crippen molar-refractivity contribution in [3.8, 4) is 0 Å². The van der Waals surface area contributed by atoms with Crippen LogP contribution in [-0.2, 0) is 0 Å². The molecule has 0 aliphatic carbocycles. The van der Waals surface area contributed by atoms with Crippen LogP contribution in [0.3, 0.4) is 0 Å². The summed E-state index contributed by atoms with van der Waals surface area (Å²) < 4.78 is 0.316. The topological polar surface area (TPSA) is 12.4 Å². The van der Waals surface area contributed by atoms with Gasteiger partial charge in [-0.15, -0.1) is 0 Å². The molecule has 0 radical (unpaired) electrons. The molecular formula is C12H22IN. The molecule has 0 rings (SSSR count). The van der Waals surface area contributed by atoms with Crippen molar-refractivity contribution in [2.24, 2.45) is 16.3 Å². The molecule has 0 aromatic heterocycles. The maximum atomic E-state index is 3.94. The summed E-state index contributed by atoms with van der Waals surface area (Å²) in [6, 6.07) is 0. The average molecular weight is 307 g/mol. The van der Waals surface area contributed by atoms with Gasteiger partial charge in [0.1, 0.15) is 0 Å². The third-order valence-corrected chi connectivity index (χ3v) is 3.13. The molecule has 0 aliphatic heterocycles. The third kappa shape index (κ3) is 4.58. The summed E-state index contributed by atoms with van der Waals surface area (Å²) in [5, 5.41) is 0. The molecule has 0 heterocycles. The highest BCUT2D eigenvalue weighted by Gasteiger charge is 2.32. The molecule has 82 valence electrons. The van der Waals surface area contributed by atoms with E-state index in [1.807, 2.05) is 0 Å². The summed E-state index contributed by atoms with van der Waals surface area (Å²) in [7, 11) is 0. The molecule has 0 unspecified atom stereocenters. The van der Waals surface area contributed by atoms with Gasteiger partial charge in [-0.05, 0) is 18.6 Å². The van der Waals surface area contributed by atoms with E-state index in [4.69, 9.17) is 0 Å². The van der Waals surface area contributed by atoms with Gasteiger partial charge in [0.15, 0.2) is 0 Å². The van der Waals surface area contributed by atoms with Gasteiger partial charge in [0.25, 0.3) is 0 Å². The summed E-state index contributed by atoms with van der Waals surface area (Å²) in [4.78, 5) is 3.94. The Morgan fingerprint density at radius 3 is 2.07 bits per heavy atom. The second-order valence-electron chi connectivity index (χ2n) is 5.26. The number of nitrogens with zero attached hydrogens (tertiary/aromatic N) is 1. The van der Waals surface area contributed by atoms with Crippen LogP contribution >= 0.6 is 22.6 Å². The zero-order chi connectivity index (χ0) is 11.6. The van der Waals surface area contributed by atoms with Gasteiger partial charge < -0.3 is 0 Å². The largest absolute Gasteiger partial charge is 0.269 e. The first-order valence-corrected chi connectivity index (χ1v) is 6.02. The maximum Gasteiger partial charge on any atom is 0.0358 e. The number of aliphatic imine (C=N–C) groups is 1. The van der Waals surface area contributed by atoms with Crippen molar-refractivity contribution in [3.05, 3.63) is 12.3 Å². The fourth-order valence-electron chi connectivity index (χ4n) is 1.82. The highest BCUT2D eigenvalue weighted by atomic mass is 127. The molecule has 0 amide bonds. The number of alkyl halides is 1. The first kappa shape index (κ1) is 14.1. The first-order chi connectivity index (χ1) is 6.10. The lowest BCUT2D eigenvalue weighted by Gasteiger charge is -2.36. The normalized spacial score (nSPS) is 15.0. The van der Waals surface area contributed by atoms with Crippen molar-refractivity contribution >= 4 is 29.3 Å². The zero-order valence-corrected chi connectivity index (χ0v) is 12.2. The minimum atomic E-state index is 0.225. The molecule has 2 heteroatoms. The van der Waals surface area contributed by atoms with Gasteiger partial charge in [-0.1, -0.05) is 63.8 Å². The monoisotopic (exact) mass is 307 g/mol.